The Labute approximate surface area is 170 Å². The van der Waals surface area contributed by atoms with Crippen LogP contribution in [0.15, 0.2) is 77.9 Å². The molecule has 9 heteroatoms. The van der Waals surface area contributed by atoms with Crippen LogP contribution in [0.25, 0.3) is 0 Å². The molecule has 0 saturated heterocycles. The molecule has 4 N–H and O–H groups in total. The molecule has 1 amide bonds. The fourth-order valence-electron chi connectivity index (χ4n) is 2.86. The molecular formula is C21H17N3O6. The van der Waals surface area contributed by atoms with Crippen molar-refractivity contribution in [3.63, 3.8) is 0 Å². The highest BCUT2D eigenvalue weighted by Crippen LogP contribution is 2.32. The Hall–Kier alpha value is -4.24. The molecule has 0 aliphatic rings. The van der Waals surface area contributed by atoms with Crippen LogP contribution in [-0.2, 0) is 10.4 Å². The topological polar surface area (TPSA) is 145 Å². The van der Waals surface area contributed by atoms with Crippen molar-refractivity contribution < 1.29 is 25.0 Å². The van der Waals surface area contributed by atoms with E-state index < -0.39 is 33.6 Å². The number of rotatable bonds is 6. The summed E-state index contributed by atoms with van der Waals surface area (Å²) < 4.78 is 0. The molecule has 3 aromatic carbocycles. The molecule has 0 aromatic heterocycles. The van der Waals surface area contributed by atoms with Crippen LogP contribution in [0.3, 0.4) is 0 Å². The maximum Gasteiger partial charge on any atom is 0.311 e. The Morgan fingerprint density at radius 3 is 2.00 bits per heavy atom. The molecule has 0 heterocycles. The number of nitrogens with one attached hydrogen (secondary N) is 1. The van der Waals surface area contributed by atoms with E-state index in [1.807, 2.05) is 0 Å². The number of hydrogen-bond acceptors (Lipinski definition) is 7. The van der Waals surface area contributed by atoms with Gasteiger partial charge in [0.05, 0.1) is 11.1 Å². The Morgan fingerprint density at radius 1 is 0.967 bits per heavy atom. The van der Waals surface area contributed by atoms with Gasteiger partial charge < -0.3 is 15.3 Å². The van der Waals surface area contributed by atoms with Crippen LogP contribution >= 0.6 is 0 Å². The maximum atomic E-state index is 12.9. The summed E-state index contributed by atoms with van der Waals surface area (Å²) in [5.74, 6) is -2.05. The lowest BCUT2D eigenvalue weighted by Gasteiger charge is -2.27. The van der Waals surface area contributed by atoms with E-state index in [-0.39, 0.29) is 5.56 Å². The second-order valence-electron chi connectivity index (χ2n) is 6.30. The predicted octanol–water partition coefficient (Wildman–Crippen LogP) is 2.39. The third kappa shape index (κ3) is 3.96. The number of amides is 1. The van der Waals surface area contributed by atoms with E-state index in [4.69, 9.17) is 0 Å². The van der Waals surface area contributed by atoms with Gasteiger partial charge in [-0.1, -0.05) is 60.7 Å². The Kier molecular flexibility index (Phi) is 5.75. The first-order chi connectivity index (χ1) is 14.3. The molecule has 152 valence electrons. The number of nitro groups is 1. The van der Waals surface area contributed by atoms with Gasteiger partial charge in [0.15, 0.2) is 11.4 Å². The van der Waals surface area contributed by atoms with E-state index in [9.17, 15) is 30.2 Å². The van der Waals surface area contributed by atoms with Gasteiger partial charge in [-0.2, -0.15) is 5.10 Å². The monoisotopic (exact) mass is 407 g/mol. The third-order valence-electron chi connectivity index (χ3n) is 4.40. The van der Waals surface area contributed by atoms with Gasteiger partial charge >= 0.3 is 5.69 Å². The average Bonchev–Trinajstić information content (AvgIpc) is 2.75. The molecule has 30 heavy (non-hydrogen) atoms. The van der Waals surface area contributed by atoms with E-state index in [2.05, 4.69) is 10.5 Å². The van der Waals surface area contributed by atoms with Gasteiger partial charge in [-0.15, -0.1) is 0 Å². The highest BCUT2D eigenvalue weighted by molar-refractivity contribution is 5.92. The van der Waals surface area contributed by atoms with Gasteiger partial charge in [0.25, 0.3) is 5.91 Å². The molecule has 0 atom stereocenters. The van der Waals surface area contributed by atoms with E-state index in [1.54, 1.807) is 60.7 Å². The van der Waals surface area contributed by atoms with E-state index in [1.165, 1.54) is 0 Å². The molecule has 3 aromatic rings. The van der Waals surface area contributed by atoms with Crippen molar-refractivity contribution in [2.24, 2.45) is 5.10 Å². The molecule has 0 radical (unpaired) electrons. The number of hydrogen-bond donors (Lipinski definition) is 4. The first-order valence-electron chi connectivity index (χ1n) is 8.71. The van der Waals surface area contributed by atoms with Crippen molar-refractivity contribution in [1.29, 1.82) is 0 Å². The lowest BCUT2D eigenvalue weighted by molar-refractivity contribution is -0.385. The van der Waals surface area contributed by atoms with E-state index in [0.29, 0.717) is 11.1 Å². The van der Waals surface area contributed by atoms with Crippen LogP contribution in [0.2, 0.25) is 0 Å². The van der Waals surface area contributed by atoms with Gasteiger partial charge in [-0.05, 0) is 11.1 Å². The van der Waals surface area contributed by atoms with Crippen LogP contribution < -0.4 is 5.43 Å². The highest BCUT2D eigenvalue weighted by atomic mass is 16.6. The number of aliphatic hydroxyl groups is 1. The maximum absolute atomic E-state index is 12.9. The number of benzene rings is 3. The standard InChI is InChI=1S/C21H17N3O6/c25-18-12-19(26)17(24(29)30)11-14(18)13-22-23-20(27)21(28,15-7-3-1-4-8-15)16-9-5-2-6-10-16/h1-13,25-26,28H,(H,23,27)/b22-13-. The zero-order valence-electron chi connectivity index (χ0n) is 15.5. The summed E-state index contributed by atoms with van der Waals surface area (Å²) >= 11 is 0. The van der Waals surface area contributed by atoms with Crippen LogP contribution in [-0.4, -0.2) is 32.4 Å². The Morgan fingerprint density at radius 2 is 1.50 bits per heavy atom. The minimum Gasteiger partial charge on any atom is -0.507 e. The smallest absolute Gasteiger partial charge is 0.311 e. The van der Waals surface area contributed by atoms with Crippen LogP contribution in [0.5, 0.6) is 11.5 Å². The van der Waals surface area contributed by atoms with Crippen molar-refractivity contribution in [2.45, 2.75) is 5.60 Å². The largest absolute Gasteiger partial charge is 0.507 e. The minimum atomic E-state index is -2.05. The van der Waals surface area contributed by atoms with Crippen LogP contribution in [0, 0.1) is 10.1 Å². The summed E-state index contributed by atoms with van der Waals surface area (Å²) in [4.78, 5) is 23.0. The second-order valence-corrected chi connectivity index (χ2v) is 6.30. The van der Waals surface area contributed by atoms with Gasteiger partial charge in [0.1, 0.15) is 5.75 Å². The molecule has 0 unspecified atom stereocenters. The number of aromatic hydroxyl groups is 2. The Balaban J connectivity index is 1.91. The predicted molar refractivity (Wildman–Crippen MR) is 108 cm³/mol. The highest BCUT2D eigenvalue weighted by Gasteiger charge is 2.39. The normalized spacial score (nSPS) is 11.4. The number of carbonyl (C=O) groups excluding carboxylic acids is 1. The summed E-state index contributed by atoms with van der Waals surface area (Å²) in [5.41, 5.74) is 0.0255. The first kappa shape index (κ1) is 20.5. The van der Waals surface area contributed by atoms with Crippen molar-refractivity contribution in [3.05, 3.63) is 99.6 Å². The molecule has 0 spiro atoms. The van der Waals surface area contributed by atoms with Gasteiger partial charge in [-0.3, -0.25) is 14.9 Å². The van der Waals surface area contributed by atoms with Crippen molar-refractivity contribution in [3.8, 4) is 11.5 Å². The number of hydrazone groups is 1. The SMILES string of the molecule is O=C(N/N=C\c1cc([N+](=O)[O-])c(O)cc1O)C(O)(c1ccccc1)c1ccccc1. The van der Waals surface area contributed by atoms with Crippen molar-refractivity contribution in [2.75, 3.05) is 0 Å². The fraction of sp³-hybridized carbons (Fsp3) is 0.0476. The molecule has 9 nitrogen and oxygen atoms in total. The lowest BCUT2D eigenvalue weighted by Crippen LogP contribution is -2.43. The molecule has 3 rings (SSSR count). The number of phenolic OH excluding ortho intramolecular Hbond substituents is 2. The number of carbonyl (C=O) groups is 1. The molecule has 0 aliphatic carbocycles. The molecule has 0 saturated carbocycles. The van der Waals surface area contributed by atoms with Gasteiger partial charge in [-0.25, -0.2) is 5.43 Å². The summed E-state index contributed by atoms with van der Waals surface area (Å²) in [6, 6.07) is 18.2. The molecular weight excluding hydrogens is 390 g/mol. The van der Waals surface area contributed by atoms with Crippen LogP contribution in [0.4, 0.5) is 5.69 Å². The zero-order valence-corrected chi connectivity index (χ0v) is 15.5. The molecule has 0 aliphatic heterocycles. The summed E-state index contributed by atoms with van der Waals surface area (Å²) in [6.07, 6.45) is 0.968. The fourth-order valence-corrected chi connectivity index (χ4v) is 2.86. The van der Waals surface area contributed by atoms with Crippen LogP contribution in [0.1, 0.15) is 16.7 Å². The third-order valence-corrected chi connectivity index (χ3v) is 4.40. The zero-order chi connectivity index (χ0) is 21.7. The van der Waals surface area contributed by atoms with Gasteiger partial charge in [0, 0.05) is 17.7 Å². The van der Waals surface area contributed by atoms with E-state index >= 15 is 0 Å². The molecule has 0 bridgehead atoms. The summed E-state index contributed by atoms with van der Waals surface area (Å²) in [6.45, 7) is 0. The Bertz CT molecular complexity index is 1060. The van der Waals surface area contributed by atoms with Crippen molar-refractivity contribution in [1.82, 2.24) is 5.43 Å². The summed E-state index contributed by atoms with van der Waals surface area (Å²) in [5, 5.41) is 45.3. The first-order valence-corrected chi connectivity index (χ1v) is 8.71. The van der Waals surface area contributed by atoms with Gasteiger partial charge in [0.2, 0.25) is 0 Å². The minimum absolute atomic E-state index is 0.109. The van der Waals surface area contributed by atoms with Crippen molar-refractivity contribution >= 4 is 17.8 Å². The van der Waals surface area contributed by atoms with E-state index in [0.717, 1.165) is 18.3 Å². The molecule has 0 fully saturated rings. The lowest BCUT2D eigenvalue weighted by atomic mass is 9.85. The number of phenols is 2. The number of nitrogens with zero attached hydrogens (tertiary/aromatic N) is 2. The summed E-state index contributed by atoms with van der Waals surface area (Å²) in [7, 11) is 0. The number of nitro benzene ring substituents is 1. The second kappa shape index (κ2) is 8.41. The quantitative estimate of drug-likeness (QED) is 0.280. The average molecular weight is 407 g/mol.